The highest BCUT2D eigenvalue weighted by molar-refractivity contribution is 7.85. The summed E-state index contributed by atoms with van der Waals surface area (Å²) in [5.74, 6) is -0.107. The maximum Gasteiger partial charge on any atom is 0.264 e. The van der Waals surface area contributed by atoms with Crippen LogP contribution in [0.1, 0.15) is 41.5 Å². The topological polar surface area (TPSA) is 54.4 Å². The summed E-state index contributed by atoms with van der Waals surface area (Å²) >= 11 is 0. The largest absolute Gasteiger partial charge is 0.286 e. The summed E-state index contributed by atoms with van der Waals surface area (Å²) in [6.45, 7) is 15.3. The van der Waals surface area contributed by atoms with Crippen LogP contribution in [0.5, 0.6) is 0 Å². The normalized spacial score (nSPS) is 15.2. The Kier molecular flexibility index (Phi) is 4.46. The average molecular weight is 266 g/mol. The van der Waals surface area contributed by atoms with E-state index in [1.165, 1.54) is 0 Å². The molecule has 0 rings (SSSR count). The Bertz CT molecular complexity index is 319. The van der Waals surface area contributed by atoms with Crippen molar-refractivity contribution in [2.24, 2.45) is 0 Å². The van der Waals surface area contributed by atoms with Gasteiger partial charge in [-0.2, -0.15) is 8.42 Å². The van der Waals surface area contributed by atoms with E-state index in [9.17, 15) is 8.42 Å². The lowest BCUT2D eigenvalue weighted by atomic mass is 10.2. The van der Waals surface area contributed by atoms with Crippen LogP contribution in [0.25, 0.3) is 0 Å². The third kappa shape index (κ3) is 3.86. The van der Waals surface area contributed by atoms with Crippen LogP contribution in [-0.4, -0.2) is 26.8 Å². The van der Waals surface area contributed by atoms with Crippen LogP contribution in [0.3, 0.4) is 0 Å². The first-order valence-electron chi connectivity index (χ1n) is 5.66. The van der Waals surface area contributed by atoms with Crippen molar-refractivity contribution >= 4 is 18.2 Å². The van der Waals surface area contributed by atoms with Crippen molar-refractivity contribution in [1.82, 2.24) is 0 Å². The molecule has 0 saturated heterocycles. The van der Waals surface area contributed by atoms with Gasteiger partial charge in [-0.15, -0.1) is 0 Å². The fraction of sp³-hybridized carbons (Fsp3) is 1.00. The third-order valence-corrected chi connectivity index (χ3v) is 13.1. The summed E-state index contributed by atoms with van der Waals surface area (Å²) < 4.78 is 30.7. The molecule has 0 radical (unpaired) electrons. The van der Waals surface area contributed by atoms with E-state index in [0.717, 1.165) is 0 Å². The molecule has 0 unspecified atom stereocenters. The monoisotopic (exact) mass is 266 g/mol. The van der Waals surface area contributed by atoms with Crippen molar-refractivity contribution in [3.63, 3.8) is 0 Å². The molecule has 0 amide bonds. The molecule has 0 aromatic rings. The molecule has 98 valence electrons. The van der Waals surface area contributed by atoms with Crippen LogP contribution in [0.15, 0.2) is 0 Å². The SMILES string of the molecule is CC(C)(C)[Si](C)(CCS(=O)(=O)O)C(C)(C)C. The predicted molar refractivity (Wildman–Crippen MR) is 72.3 cm³/mol. The van der Waals surface area contributed by atoms with E-state index < -0.39 is 18.2 Å². The van der Waals surface area contributed by atoms with Gasteiger partial charge in [0, 0.05) is 0 Å². The molecule has 0 aromatic heterocycles. The minimum Gasteiger partial charge on any atom is -0.286 e. The van der Waals surface area contributed by atoms with Crippen molar-refractivity contribution in [2.75, 3.05) is 5.75 Å². The highest BCUT2D eigenvalue weighted by atomic mass is 32.2. The molecule has 3 nitrogen and oxygen atoms in total. The molecule has 0 atom stereocenters. The van der Waals surface area contributed by atoms with Crippen LogP contribution in [0, 0.1) is 0 Å². The van der Waals surface area contributed by atoms with Gasteiger partial charge in [0.25, 0.3) is 10.1 Å². The van der Waals surface area contributed by atoms with E-state index in [4.69, 9.17) is 4.55 Å². The molecule has 5 heteroatoms. The number of hydrogen-bond donors (Lipinski definition) is 1. The summed E-state index contributed by atoms with van der Waals surface area (Å²) in [7, 11) is -5.64. The summed E-state index contributed by atoms with van der Waals surface area (Å²) in [4.78, 5) is 0. The standard InChI is InChI=1S/C11H26O3SSi/c1-10(2,3)16(7,11(4,5)6)9-8-15(12,13)14/h8-9H2,1-7H3,(H,12,13,14). The first kappa shape index (κ1) is 16.1. The summed E-state index contributed by atoms with van der Waals surface area (Å²) in [6.07, 6.45) is 0. The lowest BCUT2D eigenvalue weighted by molar-refractivity contribution is 0.483. The van der Waals surface area contributed by atoms with Gasteiger partial charge >= 0.3 is 0 Å². The Labute approximate surface area is 101 Å². The van der Waals surface area contributed by atoms with Gasteiger partial charge in [0.05, 0.1) is 13.8 Å². The zero-order chi connectivity index (χ0) is 13.4. The van der Waals surface area contributed by atoms with Crippen molar-refractivity contribution < 1.29 is 13.0 Å². The Morgan fingerprint density at radius 2 is 1.31 bits per heavy atom. The Balaban J connectivity index is 5.15. The van der Waals surface area contributed by atoms with Gasteiger partial charge in [0.1, 0.15) is 0 Å². The first-order chi connectivity index (χ1) is 6.71. The second-order valence-electron chi connectivity index (χ2n) is 6.87. The van der Waals surface area contributed by atoms with E-state index in [0.29, 0.717) is 6.04 Å². The molecule has 1 N–H and O–H groups in total. The van der Waals surface area contributed by atoms with Crippen molar-refractivity contribution in [2.45, 2.75) is 64.2 Å². The number of hydrogen-bond acceptors (Lipinski definition) is 2. The first-order valence-corrected chi connectivity index (χ1v) is 9.97. The van der Waals surface area contributed by atoms with E-state index in [1.54, 1.807) is 0 Å². The highest BCUT2D eigenvalue weighted by Gasteiger charge is 2.48. The Hall–Kier alpha value is 0.127. The second-order valence-corrected chi connectivity index (χ2v) is 14.6. The van der Waals surface area contributed by atoms with Crippen LogP contribution < -0.4 is 0 Å². The lowest BCUT2D eigenvalue weighted by Crippen LogP contribution is -2.49. The fourth-order valence-electron chi connectivity index (χ4n) is 2.21. The molecule has 0 aromatic carbocycles. The molecule has 0 spiro atoms. The van der Waals surface area contributed by atoms with Gasteiger partial charge < -0.3 is 0 Å². The zero-order valence-electron chi connectivity index (χ0n) is 11.6. The van der Waals surface area contributed by atoms with E-state index >= 15 is 0 Å². The molecule has 0 heterocycles. The van der Waals surface area contributed by atoms with Crippen LogP contribution >= 0.6 is 0 Å². The third-order valence-electron chi connectivity index (χ3n) is 4.17. The minimum absolute atomic E-state index is 0.107. The van der Waals surface area contributed by atoms with Crippen LogP contribution in [0.4, 0.5) is 0 Å². The molecule has 0 aliphatic rings. The smallest absolute Gasteiger partial charge is 0.264 e. The van der Waals surface area contributed by atoms with Crippen molar-refractivity contribution in [3.05, 3.63) is 0 Å². The summed E-state index contributed by atoms with van der Waals surface area (Å²) in [6, 6.07) is 0.610. The lowest BCUT2D eigenvalue weighted by Gasteiger charge is -2.49. The fourth-order valence-corrected chi connectivity index (χ4v) is 8.62. The van der Waals surface area contributed by atoms with Crippen molar-refractivity contribution in [3.8, 4) is 0 Å². The molecular weight excluding hydrogens is 240 g/mol. The van der Waals surface area contributed by atoms with E-state index in [-0.39, 0.29) is 15.8 Å². The minimum atomic E-state index is -3.84. The van der Waals surface area contributed by atoms with Gasteiger partial charge in [-0.05, 0) is 16.1 Å². The molecule has 0 aliphatic carbocycles. The molecule has 0 aliphatic heterocycles. The molecule has 0 bridgehead atoms. The van der Waals surface area contributed by atoms with Gasteiger partial charge in [-0.25, -0.2) is 0 Å². The van der Waals surface area contributed by atoms with Crippen LogP contribution in [-0.2, 0) is 10.1 Å². The average Bonchev–Trinajstić information content (AvgIpc) is 1.93. The summed E-state index contributed by atoms with van der Waals surface area (Å²) in [5, 5.41) is 0.242. The predicted octanol–water partition coefficient (Wildman–Crippen LogP) is 3.55. The number of rotatable bonds is 3. The molecular formula is C11H26O3SSi. The van der Waals surface area contributed by atoms with Gasteiger partial charge in [-0.1, -0.05) is 48.1 Å². The zero-order valence-corrected chi connectivity index (χ0v) is 13.4. The maximum absolute atomic E-state index is 10.9. The molecule has 0 fully saturated rings. The quantitative estimate of drug-likeness (QED) is 0.628. The summed E-state index contributed by atoms with van der Waals surface area (Å²) in [5.41, 5.74) is 0. The van der Waals surface area contributed by atoms with Gasteiger partial charge in [0.15, 0.2) is 0 Å². The van der Waals surface area contributed by atoms with Crippen LogP contribution in [0.2, 0.25) is 22.7 Å². The molecule has 0 saturated carbocycles. The maximum atomic E-state index is 10.9. The van der Waals surface area contributed by atoms with E-state index in [1.807, 2.05) is 0 Å². The van der Waals surface area contributed by atoms with E-state index in [2.05, 4.69) is 48.1 Å². The van der Waals surface area contributed by atoms with Gasteiger partial charge in [0.2, 0.25) is 0 Å². The Morgan fingerprint density at radius 3 is 1.50 bits per heavy atom. The Morgan fingerprint density at radius 1 is 1.00 bits per heavy atom. The van der Waals surface area contributed by atoms with Gasteiger partial charge in [-0.3, -0.25) is 4.55 Å². The van der Waals surface area contributed by atoms with Crippen molar-refractivity contribution in [1.29, 1.82) is 0 Å². The second kappa shape index (κ2) is 4.42. The highest BCUT2D eigenvalue weighted by Crippen LogP contribution is 2.53. The molecule has 16 heavy (non-hydrogen) atoms.